The Morgan fingerprint density at radius 3 is 2.59 bits per heavy atom. The number of carbonyl (C=O) groups is 1. The maximum atomic E-state index is 12.3. The van der Waals surface area contributed by atoms with E-state index in [1.54, 1.807) is 12.3 Å². The first-order valence-electron chi connectivity index (χ1n) is 7.74. The summed E-state index contributed by atoms with van der Waals surface area (Å²) in [5.74, 6) is 0.443. The summed E-state index contributed by atoms with van der Waals surface area (Å²) < 4.78 is 0. The highest BCUT2D eigenvalue weighted by Crippen LogP contribution is 2.16. The number of benzene rings is 1. The van der Waals surface area contributed by atoms with Crippen molar-refractivity contribution in [3.8, 4) is 0 Å². The molecule has 1 aliphatic rings. The zero-order valence-corrected chi connectivity index (χ0v) is 12.7. The van der Waals surface area contributed by atoms with Crippen LogP contribution in [0, 0.1) is 0 Å². The van der Waals surface area contributed by atoms with Gasteiger partial charge in [-0.05, 0) is 43.0 Å². The quantitative estimate of drug-likeness (QED) is 0.942. The molecular formula is C17H20N4O. The van der Waals surface area contributed by atoms with Gasteiger partial charge in [-0.25, -0.2) is 9.97 Å². The fourth-order valence-electron chi connectivity index (χ4n) is 2.56. The molecule has 0 radical (unpaired) electrons. The van der Waals surface area contributed by atoms with Crippen molar-refractivity contribution in [1.29, 1.82) is 0 Å². The van der Waals surface area contributed by atoms with Crippen LogP contribution < -0.4 is 10.2 Å². The molecule has 0 spiro atoms. The lowest BCUT2D eigenvalue weighted by Gasteiger charge is -2.15. The van der Waals surface area contributed by atoms with Gasteiger partial charge < -0.3 is 10.2 Å². The van der Waals surface area contributed by atoms with E-state index in [-0.39, 0.29) is 5.91 Å². The Bertz CT molecular complexity index is 648. The molecule has 5 heteroatoms. The zero-order valence-electron chi connectivity index (χ0n) is 12.7. The van der Waals surface area contributed by atoms with E-state index in [0.29, 0.717) is 11.6 Å². The summed E-state index contributed by atoms with van der Waals surface area (Å²) >= 11 is 0. The number of aromatic nitrogens is 2. The van der Waals surface area contributed by atoms with Crippen LogP contribution in [0.1, 0.15) is 35.8 Å². The van der Waals surface area contributed by atoms with Crippen LogP contribution in [0.25, 0.3) is 0 Å². The molecule has 1 fully saturated rings. The third-order valence-corrected chi connectivity index (χ3v) is 3.88. The number of rotatable bonds is 4. The van der Waals surface area contributed by atoms with E-state index in [4.69, 9.17) is 0 Å². The van der Waals surface area contributed by atoms with Crippen LogP contribution in [-0.4, -0.2) is 29.0 Å². The average molecular weight is 296 g/mol. The topological polar surface area (TPSA) is 58.1 Å². The number of anilines is 2. The highest BCUT2D eigenvalue weighted by atomic mass is 16.1. The van der Waals surface area contributed by atoms with Gasteiger partial charge in [-0.3, -0.25) is 4.79 Å². The fraction of sp³-hybridized carbons (Fsp3) is 0.353. The average Bonchev–Trinajstić information content (AvgIpc) is 3.10. The number of hydrogen-bond donors (Lipinski definition) is 1. The number of nitrogens with zero attached hydrogens (tertiary/aromatic N) is 3. The minimum Gasteiger partial charge on any atom is -0.341 e. The summed E-state index contributed by atoms with van der Waals surface area (Å²) in [7, 11) is 0. The molecule has 3 rings (SSSR count). The maximum absolute atomic E-state index is 12.3. The first kappa shape index (κ1) is 14.5. The van der Waals surface area contributed by atoms with Gasteiger partial charge in [0, 0.05) is 25.0 Å². The third-order valence-electron chi connectivity index (χ3n) is 3.88. The Labute approximate surface area is 130 Å². The monoisotopic (exact) mass is 296 g/mol. The molecular weight excluding hydrogens is 276 g/mol. The largest absolute Gasteiger partial charge is 0.341 e. The third kappa shape index (κ3) is 3.24. The lowest BCUT2D eigenvalue weighted by Crippen LogP contribution is -2.22. The second-order valence-corrected chi connectivity index (χ2v) is 5.44. The number of amides is 1. The van der Waals surface area contributed by atoms with Crippen molar-refractivity contribution in [2.45, 2.75) is 26.2 Å². The van der Waals surface area contributed by atoms with Gasteiger partial charge in [0.1, 0.15) is 5.69 Å². The van der Waals surface area contributed by atoms with Gasteiger partial charge in [0.2, 0.25) is 5.95 Å². The highest BCUT2D eigenvalue weighted by molar-refractivity contribution is 6.02. The molecule has 1 aromatic heterocycles. The fourth-order valence-corrected chi connectivity index (χ4v) is 2.56. The van der Waals surface area contributed by atoms with E-state index in [9.17, 15) is 4.79 Å². The van der Waals surface area contributed by atoms with E-state index < -0.39 is 0 Å². The van der Waals surface area contributed by atoms with Crippen LogP contribution in [0.15, 0.2) is 36.5 Å². The first-order chi connectivity index (χ1) is 10.8. The molecule has 0 atom stereocenters. The van der Waals surface area contributed by atoms with Gasteiger partial charge in [0.15, 0.2) is 0 Å². The van der Waals surface area contributed by atoms with Crippen molar-refractivity contribution in [2.24, 2.45) is 0 Å². The minimum atomic E-state index is -0.202. The molecule has 1 amide bonds. The summed E-state index contributed by atoms with van der Waals surface area (Å²) in [5.41, 5.74) is 2.43. The minimum absolute atomic E-state index is 0.202. The van der Waals surface area contributed by atoms with Crippen molar-refractivity contribution in [1.82, 2.24) is 9.97 Å². The van der Waals surface area contributed by atoms with E-state index in [2.05, 4.69) is 27.1 Å². The second kappa shape index (κ2) is 6.56. The van der Waals surface area contributed by atoms with Crippen LogP contribution in [0.5, 0.6) is 0 Å². The van der Waals surface area contributed by atoms with Crippen molar-refractivity contribution in [2.75, 3.05) is 23.3 Å². The first-order valence-corrected chi connectivity index (χ1v) is 7.74. The molecule has 22 heavy (non-hydrogen) atoms. The van der Waals surface area contributed by atoms with E-state index in [0.717, 1.165) is 38.0 Å². The summed E-state index contributed by atoms with van der Waals surface area (Å²) in [5, 5.41) is 2.88. The van der Waals surface area contributed by atoms with Crippen molar-refractivity contribution >= 4 is 17.5 Å². The van der Waals surface area contributed by atoms with Crippen LogP contribution in [0.4, 0.5) is 11.6 Å². The van der Waals surface area contributed by atoms with Gasteiger partial charge in [-0.2, -0.15) is 0 Å². The van der Waals surface area contributed by atoms with E-state index in [1.807, 2.05) is 24.3 Å². The van der Waals surface area contributed by atoms with Gasteiger partial charge >= 0.3 is 0 Å². The predicted octanol–water partition coefficient (Wildman–Crippen LogP) is 2.89. The summed E-state index contributed by atoms with van der Waals surface area (Å²) in [6.07, 6.45) is 4.95. The molecule has 0 unspecified atom stereocenters. The molecule has 0 bridgehead atoms. The Hall–Kier alpha value is -2.43. The van der Waals surface area contributed by atoms with Gasteiger partial charge in [-0.15, -0.1) is 0 Å². The normalized spacial score (nSPS) is 14.1. The smallest absolute Gasteiger partial charge is 0.274 e. The molecule has 5 nitrogen and oxygen atoms in total. The zero-order chi connectivity index (χ0) is 15.4. The molecule has 1 aromatic carbocycles. The Balaban J connectivity index is 1.72. The van der Waals surface area contributed by atoms with Crippen molar-refractivity contribution in [3.63, 3.8) is 0 Å². The number of nitrogens with one attached hydrogen (secondary N) is 1. The van der Waals surface area contributed by atoms with Crippen LogP contribution in [0.3, 0.4) is 0 Å². The van der Waals surface area contributed by atoms with Crippen LogP contribution in [-0.2, 0) is 6.42 Å². The van der Waals surface area contributed by atoms with Crippen LogP contribution >= 0.6 is 0 Å². The van der Waals surface area contributed by atoms with Crippen LogP contribution in [0.2, 0.25) is 0 Å². The number of hydrogen-bond acceptors (Lipinski definition) is 4. The Morgan fingerprint density at radius 2 is 1.91 bits per heavy atom. The predicted molar refractivity (Wildman–Crippen MR) is 87.3 cm³/mol. The van der Waals surface area contributed by atoms with E-state index >= 15 is 0 Å². The molecule has 0 saturated carbocycles. The molecule has 0 aliphatic carbocycles. The number of aryl methyl sites for hydroxylation is 1. The van der Waals surface area contributed by atoms with Gasteiger partial charge in [0.05, 0.1) is 0 Å². The van der Waals surface area contributed by atoms with Crippen molar-refractivity contribution in [3.05, 3.63) is 47.8 Å². The summed E-state index contributed by atoms with van der Waals surface area (Å²) in [4.78, 5) is 23.1. The van der Waals surface area contributed by atoms with E-state index in [1.165, 1.54) is 5.56 Å². The summed E-state index contributed by atoms with van der Waals surface area (Å²) in [6.45, 7) is 4.03. The molecule has 114 valence electrons. The standard InChI is InChI=1S/C17H20N4O/c1-2-13-5-7-14(8-6-13)19-16(22)15-9-10-18-17(20-15)21-11-3-4-12-21/h5-10H,2-4,11-12H2,1H3,(H,19,22). The Kier molecular flexibility index (Phi) is 4.32. The summed E-state index contributed by atoms with van der Waals surface area (Å²) in [6, 6.07) is 9.52. The maximum Gasteiger partial charge on any atom is 0.274 e. The number of carbonyl (C=O) groups excluding carboxylic acids is 1. The molecule has 1 N–H and O–H groups in total. The highest BCUT2D eigenvalue weighted by Gasteiger charge is 2.16. The molecule has 1 aliphatic heterocycles. The molecule has 2 heterocycles. The van der Waals surface area contributed by atoms with Gasteiger partial charge in [-0.1, -0.05) is 19.1 Å². The Morgan fingerprint density at radius 1 is 1.18 bits per heavy atom. The lowest BCUT2D eigenvalue weighted by molar-refractivity contribution is 0.102. The van der Waals surface area contributed by atoms with Crippen molar-refractivity contribution < 1.29 is 4.79 Å². The molecule has 2 aromatic rings. The van der Waals surface area contributed by atoms with Gasteiger partial charge in [0.25, 0.3) is 5.91 Å². The SMILES string of the molecule is CCc1ccc(NC(=O)c2ccnc(N3CCCC3)n2)cc1. The second-order valence-electron chi connectivity index (χ2n) is 5.44. The lowest BCUT2D eigenvalue weighted by atomic mass is 10.1. The molecule has 1 saturated heterocycles.